The van der Waals surface area contributed by atoms with E-state index in [1.807, 2.05) is 42.5 Å². The molecule has 0 bridgehead atoms. The average molecular weight is 244 g/mol. The van der Waals surface area contributed by atoms with E-state index in [4.69, 9.17) is 17.3 Å². The van der Waals surface area contributed by atoms with E-state index in [2.05, 4.69) is 10.2 Å². The molecule has 0 aliphatic rings. The van der Waals surface area contributed by atoms with Crippen LogP contribution in [0.5, 0.6) is 0 Å². The summed E-state index contributed by atoms with van der Waals surface area (Å²) in [6, 6.07) is 13.3. The lowest BCUT2D eigenvalue weighted by Crippen LogP contribution is -1.83. The summed E-state index contributed by atoms with van der Waals surface area (Å²) in [6.07, 6.45) is 0. The summed E-state index contributed by atoms with van der Waals surface area (Å²) >= 11 is 5.98. The predicted molar refractivity (Wildman–Crippen MR) is 71.0 cm³/mol. The lowest BCUT2D eigenvalue weighted by atomic mass is 10.1. The fourth-order valence-electron chi connectivity index (χ4n) is 1.89. The second kappa shape index (κ2) is 3.79. The minimum atomic E-state index is 0.697. The van der Waals surface area contributed by atoms with Crippen molar-refractivity contribution in [3.8, 4) is 11.3 Å². The highest BCUT2D eigenvalue weighted by Crippen LogP contribution is 2.28. The Balaban J connectivity index is 2.27. The number of nitrogens with one attached hydrogen (secondary N) is 1. The van der Waals surface area contributed by atoms with E-state index in [1.54, 1.807) is 0 Å². The number of H-pyrrole nitrogens is 1. The largest absolute Gasteiger partial charge is 0.399 e. The zero-order chi connectivity index (χ0) is 11.8. The van der Waals surface area contributed by atoms with Gasteiger partial charge in [-0.25, -0.2) is 0 Å². The highest BCUT2D eigenvalue weighted by atomic mass is 35.5. The summed E-state index contributed by atoms with van der Waals surface area (Å²) in [5.74, 6) is 0. The Kier molecular flexibility index (Phi) is 2.27. The van der Waals surface area contributed by atoms with Gasteiger partial charge < -0.3 is 5.73 Å². The Hall–Kier alpha value is -2.00. The molecule has 0 spiro atoms. The van der Waals surface area contributed by atoms with Gasteiger partial charge in [-0.3, -0.25) is 5.10 Å². The first kappa shape index (κ1) is 10.2. The molecule has 0 fully saturated rings. The van der Waals surface area contributed by atoms with Gasteiger partial charge in [-0.1, -0.05) is 23.7 Å². The number of benzene rings is 2. The van der Waals surface area contributed by atoms with Crippen molar-refractivity contribution in [3.05, 3.63) is 47.5 Å². The van der Waals surface area contributed by atoms with Gasteiger partial charge in [0.1, 0.15) is 5.69 Å². The number of anilines is 1. The van der Waals surface area contributed by atoms with Crippen molar-refractivity contribution >= 4 is 28.2 Å². The summed E-state index contributed by atoms with van der Waals surface area (Å²) in [6.45, 7) is 0. The summed E-state index contributed by atoms with van der Waals surface area (Å²) < 4.78 is 0. The Morgan fingerprint density at radius 1 is 1.12 bits per heavy atom. The number of aromatic nitrogens is 2. The highest BCUT2D eigenvalue weighted by molar-refractivity contribution is 6.30. The van der Waals surface area contributed by atoms with Crippen LogP contribution in [-0.4, -0.2) is 10.2 Å². The van der Waals surface area contributed by atoms with Crippen LogP contribution in [0.1, 0.15) is 0 Å². The molecule has 0 amide bonds. The molecule has 1 aromatic heterocycles. The number of hydrogen-bond donors (Lipinski definition) is 2. The Labute approximate surface area is 103 Å². The van der Waals surface area contributed by atoms with Crippen molar-refractivity contribution in [2.45, 2.75) is 0 Å². The van der Waals surface area contributed by atoms with Gasteiger partial charge in [0.05, 0.1) is 5.52 Å². The van der Waals surface area contributed by atoms with Crippen LogP contribution in [0.15, 0.2) is 42.5 Å². The van der Waals surface area contributed by atoms with E-state index in [9.17, 15) is 0 Å². The Morgan fingerprint density at radius 3 is 2.82 bits per heavy atom. The van der Waals surface area contributed by atoms with Gasteiger partial charge in [0, 0.05) is 21.7 Å². The first-order chi connectivity index (χ1) is 8.24. The van der Waals surface area contributed by atoms with E-state index in [0.29, 0.717) is 5.02 Å². The predicted octanol–water partition coefficient (Wildman–Crippen LogP) is 3.47. The topological polar surface area (TPSA) is 54.7 Å². The molecule has 3 rings (SSSR count). The summed E-state index contributed by atoms with van der Waals surface area (Å²) in [7, 11) is 0. The van der Waals surface area contributed by atoms with Gasteiger partial charge in [-0.2, -0.15) is 5.10 Å². The maximum Gasteiger partial charge on any atom is 0.100 e. The first-order valence-electron chi connectivity index (χ1n) is 5.23. The summed E-state index contributed by atoms with van der Waals surface area (Å²) in [4.78, 5) is 0. The molecule has 0 atom stereocenters. The Morgan fingerprint density at radius 2 is 2.00 bits per heavy atom. The third-order valence-corrected chi connectivity index (χ3v) is 2.92. The van der Waals surface area contributed by atoms with Crippen LogP contribution in [0.2, 0.25) is 5.02 Å². The number of nitrogens with two attached hydrogens (primary N) is 1. The molecule has 84 valence electrons. The van der Waals surface area contributed by atoms with Gasteiger partial charge in [0.15, 0.2) is 0 Å². The van der Waals surface area contributed by atoms with E-state index in [1.165, 1.54) is 0 Å². The maximum absolute atomic E-state index is 5.98. The monoisotopic (exact) mass is 243 g/mol. The fraction of sp³-hybridized carbons (Fsp3) is 0. The van der Waals surface area contributed by atoms with E-state index >= 15 is 0 Å². The van der Waals surface area contributed by atoms with Crippen LogP contribution in [0.3, 0.4) is 0 Å². The first-order valence-corrected chi connectivity index (χ1v) is 5.61. The Bertz CT molecular complexity index is 688. The fourth-order valence-corrected chi connectivity index (χ4v) is 2.08. The number of rotatable bonds is 1. The molecular formula is C13H10ClN3. The van der Waals surface area contributed by atoms with Crippen molar-refractivity contribution in [3.63, 3.8) is 0 Å². The third kappa shape index (κ3) is 1.74. The van der Waals surface area contributed by atoms with Crippen LogP contribution in [-0.2, 0) is 0 Å². The molecular weight excluding hydrogens is 234 g/mol. The molecule has 0 aliphatic carbocycles. The standard InChI is InChI=1S/C13H10ClN3/c14-9-3-1-2-8(6-9)13-11-7-10(15)4-5-12(11)16-17-13/h1-7H,15H2,(H,16,17). The molecule has 17 heavy (non-hydrogen) atoms. The van der Waals surface area contributed by atoms with Gasteiger partial charge in [-0.05, 0) is 30.3 Å². The van der Waals surface area contributed by atoms with Crippen molar-refractivity contribution < 1.29 is 0 Å². The van der Waals surface area contributed by atoms with Crippen LogP contribution < -0.4 is 5.73 Å². The molecule has 3 N–H and O–H groups in total. The molecule has 3 aromatic rings. The number of hydrogen-bond acceptors (Lipinski definition) is 2. The van der Waals surface area contributed by atoms with Gasteiger partial charge >= 0.3 is 0 Å². The van der Waals surface area contributed by atoms with Gasteiger partial charge in [0.2, 0.25) is 0 Å². The average Bonchev–Trinajstić information content (AvgIpc) is 2.71. The van der Waals surface area contributed by atoms with E-state index in [0.717, 1.165) is 27.8 Å². The van der Waals surface area contributed by atoms with Gasteiger partial charge in [-0.15, -0.1) is 0 Å². The molecule has 2 aromatic carbocycles. The minimum absolute atomic E-state index is 0.697. The second-order valence-electron chi connectivity index (χ2n) is 3.89. The second-order valence-corrected chi connectivity index (χ2v) is 4.32. The smallest absolute Gasteiger partial charge is 0.100 e. The van der Waals surface area contributed by atoms with Crippen molar-refractivity contribution in [2.24, 2.45) is 0 Å². The third-order valence-electron chi connectivity index (χ3n) is 2.68. The molecule has 1 heterocycles. The molecule has 0 saturated heterocycles. The van der Waals surface area contributed by atoms with E-state index in [-0.39, 0.29) is 0 Å². The zero-order valence-corrected chi connectivity index (χ0v) is 9.70. The minimum Gasteiger partial charge on any atom is -0.399 e. The molecule has 0 saturated carbocycles. The molecule has 4 heteroatoms. The normalized spacial score (nSPS) is 10.9. The van der Waals surface area contributed by atoms with Crippen molar-refractivity contribution in [1.29, 1.82) is 0 Å². The van der Waals surface area contributed by atoms with Crippen LogP contribution in [0.4, 0.5) is 5.69 Å². The number of aromatic amines is 1. The summed E-state index contributed by atoms with van der Waals surface area (Å²) in [5, 5.41) is 9.00. The summed E-state index contributed by atoms with van der Waals surface area (Å²) in [5.41, 5.74) is 9.33. The zero-order valence-electron chi connectivity index (χ0n) is 8.94. The molecule has 3 nitrogen and oxygen atoms in total. The van der Waals surface area contributed by atoms with Crippen LogP contribution >= 0.6 is 11.6 Å². The van der Waals surface area contributed by atoms with E-state index < -0.39 is 0 Å². The lowest BCUT2D eigenvalue weighted by molar-refractivity contribution is 1.12. The maximum atomic E-state index is 5.98. The molecule has 0 unspecified atom stereocenters. The number of halogens is 1. The van der Waals surface area contributed by atoms with Crippen LogP contribution in [0, 0.1) is 0 Å². The van der Waals surface area contributed by atoms with Crippen LogP contribution in [0.25, 0.3) is 22.2 Å². The quantitative estimate of drug-likeness (QED) is 0.643. The molecule has 0 aliphatic heterocycles. The number of nitrogens with zero attached hydrogens (tertiary/aromatic N) is 1. The molecule has 0 radical (unpaired) electrons. The lowest BCUT2D eigenvalue weighted by Gasteiger charge is -1.99. The number of nitrogen functional groups attached to an aromatic ring is 1. The van der Waals surface area contributed by atoms with Crippen molar-refractivity contribution in [1.82, 2.24) is 10.2 Å². The van der Waals surface area contributed by atoms with Crippen molar-refractivity contribution in [2.75, 3.05) is 5.73 Å². The highest BCUT2D eigenvalue weighted by Gasteiger charge is 2.08. The number of fused-ring (bicyclic) bond motifs is 1. The van der Waals surface area contributed by atoms with Gasteiger partial charge in [0.25, 0.3) is 0 Å². The SMILES string of the molecule is Nc1ccc2[nH]nc(-c3cccc(Cl)c3)c2c1.